The molecule has 3 aromatic carbocycles. The van der Waals surface area contributed by atoms with Crippen LogP contribution >= 0.6 is 15.9 Å². The van der Waals surface area contributed by atoms with Crippen molar-refractivity contribution in [3.8, 4) is 0 Å². The Morgan fingerprint density at radius 3 is 2.50 bits per heavy atom. The average molecular weight is 326 g/mol. The Bertz CT molecular complexity index is 759. The molecule has 0 saturated carbocycles. The highest BCUT2D eigenvalue weighted by atomic mass is 79.9. The number of benzene rings is 3. The summed E-state index contributed by atoms with van der Waals surface area (Å²) in [6.45, 7) is 2.09. The molecule has 0 bridgehead atoms. The van der Waals surface area contributed by atoms with Crippen LogP contribution in [0.5, 0.6) is 0 Å². The van der Waals surface area contributed by atoms with Crippen LogP contribution < -0.4 is 5.73 Å². The third kappa shape index (κ3) is 2.37. The fraction of sp³-hybridized carbons (Fsp3) is 0.111. The Balaban J connectivity index is 2.12. The minimum Gasteiger partial charge on any atom is -0.320 e. The molecule has 1 unspecified atom stereocenters. The molecule has 2 heteroatoms. The van der Waals surface area contributed by atoms with E-state index in [9.17, 15) is 0 Å². The van der Waals surface area contributed by atoms with Crippen molar-refractivity contribution >= 4 is 26.7 Å². The van der Waals surface area contributed by atoms with E-state index in [-0.39, 0.29) is 6.04 Å². The lowest BCUT2D eigenvalue weighted by Crippen LogP contribution is -2.12. The van der Waals surface area contributed by atoms with Crippen LogP contribution in [0.25, 0.3) is 10.8 Å². The van der Waals surface area contributed by atoms with Gasteiger partial charge in [0, 0.05) is 4.47 Å². The van der Waals surface area contributed by atoms with Crippen molar-refractivity contribution in [3.63, 3.8) is 0 Å². The zero-order valence-electron chi connectivity index (χ0n) is 11.3. The molecule has 0 heterocycles. The van der Waals surface area contributed by atoms with Gasteiger partial charge in [0.1, 0.15) is 0 Å². The van der Waals surface area contributed by atoms with Crippen molar-refractivity contribution in [2.45, 2.75) is 13.0 Å². The lowest BCUT2D eigenvalue weighted by molar-refractivity contribution is 0.878. The molecule has 0 aromatic heterocycles. The van der Waals surface area contributed by atoms with Gasteiger partial charge >= 0.3 is 0 Å². The first-order valence-electron chi connectivity index (χ1n) is 6.66. The zero-order chi connectivity index (χ0) is 14.1. The summed E-state index contributed by atoms with van der Waals surface area (Å²) in [4.78, 5) is 0. The molecule has 100 valence electrons. The van der Waals surface area contributed by atoms with Crippen LogP contribution in [0.1, 0.15) is 22.7 Å². The van der Waals surface area contributed by atoms with Crippen molar-refractivity contribution < 1.29 is 0 Å². The Kier molecular flexibility index (Phi) is 3.60. The Morgan fingerprint density at radius 1 is 0.950 bits per heavy atom. The average Bonchev–Trinajstić information content (AvgIpc) is 2.49. The first-order valence-corrected chi connectivity index (χ1v) is 7.45. The quantitative estimate of drug-likeness (QED) is 0.708. The molecule has 0 spiro atoms. The van der Waals surface area contributed by atoms with Crippen molar-refractivity contribution in [2.75, 3.05) is 0 Å². The maximum atomic E-state index is 6.49. The van der Waals surface area contributed by atoms with Gasteiger partial charge in [-0.25, -0.2) is 0 Å². The van der Waals surface area contributed by atoms with E-state index in [1.165, 1.54) is 21.9 Å². The molecule has 3 aromatic rings. The van der Waals surface area contributed by atoms with Crippen LogP contribution in [0.2, 0.25) is 0 Å². The highest BCUT2D eigenvalue weighted by Gasteiger charge is 2.12. The van der Waals surface area contributed by atoms with E-state index < -0.39 is 0 Å². The minimum absolute atomic E-state index is 0.104. The number of aryl methyl sites for hydroxylation is 1. The van der Waals surface area contributed by atoms with Gasteiger partial charge in [0.2, 0.25) is 0 Å². The van der Waals surface area contributed by atoms with E-state index in [4.69, 9.17) is 5.73 Å². The number of halogens is 1. The predicted octanol–water partition coefficient (Wildman–Crippen LogP) is 4.96. The fourth-order valence-corrected chi connectivity index (χ4v) is 2.81. The fourth-order valence-electron chi connectivity index (χ4n) is 2.56. The van der Waals surface area contributed by atoms with E-state index in [0.717, 1.165) is 10.0 Å². The standard InChI is InChI=1S/C18H16BrN/c1-12-11-14(9-10-17(12)19)18(20)16-8-4-6-13-5-2-3-7-15(13)16/h2-11,18H,20H2,1H3. The first kappa shape index (κ1) is 13.3. The highest BCUT2D eigenvalue weighted by molar-refractivity contribution is 9.10. The molecule has 20 heavy (non-hydrogen) atoms. The molecule has 0 amide bonds. The lowest BCUT2D eigenvalue weighted by Gasteiger charge is -2.16. The van der Waals surface area contributed by atoms with Gasteiger partial charge in [-0.2, -0.15) is 0 Å². The normalized spacial score (nSPS) is 12.6. The van der Waals surface area contributed by atoms with Crippen molar-refractivity contribution in [1.29, 1.82) is 0 Å². The SMILES string of the molecule is Cc1cc(C(N)c2cccc3ccccc23)ccc1Br. The number of nitrogens with two attached hydrogens (primary N) is 1. The molecule has 0 aliphatic rings. The third-order valence-corrected chi connectivity index (χ3v) is 4.59. The van der Waals surface area contributed by atoms with Crippen LogP contribution in [0.15, 0.2) is 65.1 Å². The molecule has 0 radical (unpaired) electrons. The molecule has 0 saturated heterocycles. The van der Waals surface area contributed by atoms with Crippen LogP contribution in [0, 0.1) is 6.92 Å². The summed E-state index contributed by atoms with van der Waals surface area (Å²) in [6.07, 6.45) is 0. The topological polar surface area (TPSA) is 26.0 Å². The summed E-state index contributed by atoms with van der Waals surface area (Å²) in [6, 6.07) is 20.9. The van der Waals surface area contributed by atoms with Crippen molar-refractivity contribution in [3.05, 3.63) is 81.8 Å². The first-order chi connectivity index (χ1) is 9.66. The molecular weight excluding hydrogens is 310 g/mol. The molecule has 1 atom stereocenters. The number of rotatable bonds is 2. The van der Waals surface area contributed by atoms with Gasteiger partial charge in [0.15, 0.2) is 0 Å². The highest BCUT2D eigenvalue weighted by Crippen LogP contribution is 2.29. The maximum absolute atomic E-state index is 6.49. The predicted molar refractivity (Wildman–Crippen MR) is 88.9 cm³/mol. The summed E-state index contributed by atoms with van der Waals surface area (Å²) in [5.74, 6) is 0. The van der Waals surface area contributed by atoms with Crippen LogP contribution in [0.4, 0.5) is 0 Å². The Hall–Kier alpha value is -1.64. The smallest absolute Gasteiger partial charge is 0.0557 e. The van der Waals surface area contributed by atoms with Gasteiger partial charge in [0.05, 0.1) is 6.04 Å². The van der Waals surface area contributed by atoms with Gasteiger partial charge in [-0.15, -0.1) is 0 Å². The van der Waals surface area contributed by atoms with E-state index in [0.29, 0.717) is 0 Å². The molecule has 1 nitrogen and oxygen atoms in total. The number of hydrogen-bond acceptors (Lipinski definition) is 1. The van der Waals surface area contributed by atoms with E-state index >= 15 is 0 Å². The molecule has 0 fully saturated rings. The Morgan fingerprint density at radius 2 is 1.70 bits per heavy atom. The molecule has 0 aliphatic heterocycles. The minimum atomic E-state index is -0.104. The largest absolute Gasteiger partial charge is 0.320 e. The van der Waals surface area contributed by atoms with Crippen LogP contribution in [-0.2, 0) is 0 Å². The van der Waals surface area contributed by atoms with Gasteiger partial charge in [-0.3, -0.25) is 0 Å². The maximum Gasteiger partial charge on any atom is 0.0557 e. The van der Waals surface area contributed by atoms with E-state index in [1.54, 1.807) is 0 Å². The zero-order valence-corrected chi connectivity index (χ0v) is 12.9. The number of fused-ring (bicyclic) bond motifs is 1. The second kappa shape index (κ2) is 5.39. The van der Waals surface area contributed by atoms with Crippen molar-refractivity contribution in [2.24, 2.45) is 5.73 Å². The van der Waals surface area contributed by atoms with Crippen LogP contribution in [-0.4, -0.2) is 0 Å². The van der Waals surface area contributed by atoms with Gasteiger partial charge in [-0.05, 0) is 40.5 Å². The van der Waals surface area contributed by atoms with E-state index in [2.05, 4.69) is 83.5 Å². The summed E-state index contributed by atoms with van der Waals surface area (Å²) in [5, 5.41) is 2.46. The summed E-state index contributed by atoms with van der Waals surface area (Å²) in [7, 11) is 0. The van der Waals surface area contributed by atoms with E-state index in [1.807, 2.05) is 0 Å². The molecule has 2 N–H and O–H groups in total. The number of hydrogen-bond donors (Lipinski definition) is 1. The molecular formula is C18H16BrN. The monoisotopic (exact) mass is 325 g/mol. The summed E-state index contributed by atoms with van der Waals surface area (Å²) >= 11 is 3.53. The van der Waals surface area contributed by atoms with Gasteiger partial charge < -0.3 is 5.73 Å². The van der Waals surface area contributed by atoms with Crippen LogP contribution in [0.3, 0.4) is 0 Å². The molecule has 0 aliphatic carbocycles. The summed E-state index contributed by atoms with van der Waals surface area (Å²) < 4.78 is 1.12. The summed E-state index contributed by atoms with van der Waals surface area (Å²) in [5.41, 5.74) is 10.0. The van der Waals surface area contributed by atoms with Gasteiger partial charge in [-0.1, -0.05) is 70.5 Å². The second-order valence-electron chi connectivity index (χ2n) is 5.05. The van der Waals surface area contributed by atoms with Crippen molar-refractivity contribution in [1.82, 2.24) is 0 Å². The van der Waals surface area contributed by atoms with Gasteiger partial charge in [0.25, 0.3) is 0 Å². The second-order valence-corrected chi connectivity index (χ2v) is 5.91. The lowest BCUT2D eigenvalue weighted by atomic mass is 9.94. The molecule has 3 rings (SSSR count). The Labute approximate surface area is 127 Å². The third-order valence-electron chi connectivity index (χ3n) is 3.70.